The molecule has 0 unspecified atom stereocenters. The van der Waals surface area contributed by atoms with E-state index in [0.29, 0.717) is 0 Å². The first-order chi connectivity index (χ1) is 6.88. The van der Waals surface area contributed by atoms with Gasteiger partial charge in [0.1, 0.15) is 6.54 Å². The van der Waals surface area contributed by atoms with E-state index in [1.165, 1.54) is 11.1 Å². The number of nitrogens with two attached hydrogens (primary N) is 1. The van der Waals surface area contributed by atoms with Crippen molar-refractivity contribution in [2.45, 2.75) is 13.0 Å². The van der Waals surface area contributed by atoms with Crippen LogP contribution in [0.25, 0.3) is 0 Å². The molecule has 0 aliphatic rings. The van der Waals surface area contributed by atoms with Crippen LogP contribution in [0.3, 0.4) is 0 Å². The molecule has 78 valence electrons. The summed E-state index contributed by atoms with van der Waals surface area (Å²) >= 11 is 3.45. The average Bonchev–Trinajstić information content (AvgIpc) is 2.21. The van der Waals surface area contributed by atoms with E-state index in [-0.39, 0.29) is 6.61 Å². The summed E-state index contributed by atoms with van der Waals surface area (Å²) in [4.78, 5) is 0. The summed E-state index contributed by atoms with van der Waals surface area (Å²) < 4.78 is 0. The Morgan fingerprint density at radius 2 is 1.93 bits per heavy atom. The summed E-state index contributed by atoms with van der Waals surface area (Å²) in [5.74, 6) is 0. The lowest BCUT2D eigenvalue weighted by Crippen LogP contribution is -2.83. The van der Waals surface area contributed by atoms with Gasteiger partial charge in [-0.05, 0) is 12.0 Å². The van der Waals surface area contributed by atoms with Crippen molar-refractivity contribution >= 4 is 15.9 Å². The third-order valence-electron chi connectivity index (χ3n) is 2.18. The molecular formula is C11H17BrNO+. The number of aliphatic hydroxyl groups is 1. The molecule has 0 saturated heterocycles. The van der Waals surface area contributed by atoms with Gasteiger partial charge in [-0.2, -0.15) is 0 Å². The summed E-state index contributed by atoms with van der Waals surface area (Å²) in [6, 6.07) is 8.47. The molecule has 0 fully saturated rings. The molecular weight excluding hydrogens is 242 g/mol. The number of hydrogen-bond acceptors (Lipinski definition) is 1. The van der Waals surface area contributed by atoms with Gasteiger partial charge in [0.25, 0.3) is 0 Å². The largest absolute Gasteiger partial charge is 0.391 e. The molecule has 0 saturated carbocycles. The maximum absolute atomic E-state index is 8.68. The zero-order chi connectivity index (χ0) is 10.2. The second-order valence-electron chi connectivity index (χ2n) is 3.21. The van der Waals surface area contributed by atoms with E-state index in [2.05, 4.69) is 45.5 Å². The number of benzene rings is 1. The van der Waals surface area contributed by atoms with Gasteiger partial charge < -0.3 is 10.4 Å². The molecule has 0 bridgehead atoms. The van der Waals surface area contributed by atoms with Gasteiger partial charge >= 0.3 is 0 Å². The van der Waals surface area contributed by atoms with Gasteiger partial charge in [0, 0.05) is 10.9 Å². The lowest BCUT2D eigenvalue weighted by molar-refractivity contribution is -0.671. The van der Waals surface area contributed by atoms with E-state index in [1.807, 2.05) is 0 Å². The fourth-order valence-electron chi connectivity index (χ4n) is 1.45. The standard InChI is InChI=1S/C11H16BrNO/c12-6-5-10-3-1-2-4-11(10)9-13-7-8-14/h1-4,13-14H,5-9H2/p+1. The molecule has 2 nitrogen and oxygen atoms in total. The van der Waals surface area contributed by atoms with Crippen LogP contribution in [0.1, 0.15) is 11.1 Å². The van der Waals surface area contributed by atoms with E-state index in [0.717, 1.165) is 24.8 Å². The monoisotopic (exact) mass is 258 g/mol. The van der Waals surface area contributed by atoms with Crippen molar-refractivity contribution in [2.24, 2.45) is 0 Å². The number of hydrogen-bond donors (Lipinski definition) is 2. The van der Waals surface area contributed by atoms with Gasteiger partial charge in [0.15, 0.2) is 0 Å². The van der Waals surface area contributed by atoms with Crippen LogP contribution in [0.5, 0.6) is 0 Å². The highest BCUT2D eigenvalue weighted by molar-refractivity contribution is 9.09. The van der Waals surface area contributed by atoms with Crippen LogP contribution < -0.4 is 5.32 Å². The predicted octanol–water partition coefficient (Wildman–Crippen LogP) is 0.680. The molecule has 0 radical (unpaired) electrons. The highest BCUT2D eigenvalue weighted by Crippen LogP contribution is 2.09. The van der Waals surface area contributed by atoms with Crippen molar-refractivity contribution in [1.82, 2.24) is 0 Å². The normalized spacial score (nSPS) is 10.4. The maximum Gasteiger partial charge on any atom is 0.102 e. The van der Waals surface area contributed by atoms with E-state index in [9.17, 15) is 0 Å². The first-order valence-electron chi connectivity index (χ1n) is 4.93. The molecule has 0 aliphatic heterocycles. The molecule has 0 spiro atoms. The van der Waals surface area contributed by atoms with Crippen LogP contribution in [0.2, 0.25) is 0 Å². The first-order valence-corrected chi connectivity index (χ1v) is 6.06. The Bertz CT molecular complexity index is 265. The number of aryl methyl sites for hydroxylation is 1. The molecule has 1 aromatic rings. The average molecular weight is 259 g/mol. The molecule has 1 aromatic carbocycles. The van der Waals surface area contributed by atoms with Crippen LogP contribution in [0.15, 0.2) is 24.3 Å². The van der Waals surface area contributed by atoms with Crippen molar-refractivity contribution in [3.05, 3.63) is 35.4 Å². The molecule has 3 N–H and O–H groups in total. The quantitative estimate of drug-likeness (QED) is 0.572. The van der Waals surface area contributed by atoms with Crippen LogP contribution >= 0.6 is 15.9 Å². The Labute approximate surface area is 93.5 Å². The zero-order valence-electron chi connectivity index (χ0n) is 8.25. The lowest BCUT2D eigenvalue weighted by atomic mass is 10.1. The number of aliphatic hydroxyl groups excluding tert-OH is 1. The zero-order valence-corrected chi connectivity index (χ0v) is 9.83. The molecule has 0 aliphatic carbocycles. The van der Waals surface area contributed by atoms with Crippen molar-refractivity contribution in [1.29, 1.82) is 0 Å². The van der Waals surface area contributed by atoms with Crippen molar-refractivity contribution < 1.29 is 10.4 Å². The second-order valence-corrected chi connectivity index (χ2v) is 4.01. The van der Waals surface area contributed by atoms with Crippen LogP contribution in [-0.2, 0) is 13.0 Å². The van der Waals surface area contributed by atoms with Crippen LogP contribution in [-0.4, -0.2) is 23.6 Å². The van der Waals surface area contributed by atoms with E-state index >= 15 is 0 Å². The van der Waals surface area contributed by atoms with E-state index < -0.39 is 0 Å². The van der Waals surface area contributed by atoms with Gasteiger partial charge in [0.05, 0.1) is 13.2 Å². The Hall–Kier alpha value is -0.380. The van der Waals surface area contributed by atoms with Crippen LogP contribution in [0.4, 0.5) is 0 Å². The summed E-state index contributed by atoms with van der Waals surface area (Å²) in [7, 11) is 0. The highest BCUT2D eigenvalue weighted by Gasteiger charge is 2.01. The van der Waals surface area contributed by atoms with E-state index in [1.54, 1.807) is 0 Å². The summed E-state index contributed by atoms with van der Waals surface area (Å²) in [6.45, 7) is 1.99. The number of quaternary nitrogens is 1. The fraction of sp³-hybridized carbons (Fsp3) is 0.455. The highest BCUT2D eigenvalue weighted by atomic mass is 79.9. The van der Waals surface area contributed by atoms with Gasteiger partial charge in [-0.3, -0.25) is 0 Å². The van der Waals surface area contributed by atoms with E-state index in [4.69, 9.17) is 5.11 Å². The molecule has 0 atom stereocenters. The number of halogens is 1. The fourth-order valence-corrected chi connectivity index (χ4v) is 1.88. The van der Waals surface area contributed by atoms with Gasteiger partial charge in [-0.15, -0.1) is 0 Å². The molecule has 3 heteroatoms. The SMILES string of the molecule is OCC[NH2+]Cc1ccccc1CCBr. The topological polar surface area (TPSA) is 36.8 Å². The second kappa shape index (κ2) is 6.98. The predicted molar refractivity (Wildman–Crippen MR) is 61.5 cm³/mol. The minimum Gasteiger partial charge on any atom is -0.391 e. The maximum atomic E-state index is 8.68. The van der Waals surface area contributed by atoms with Crippen molar-refractivity contribution in [3.8, 4) is 0 Å². The van der Waals surface area contributed by atoms with Crippen LogP contribution in [0, 0.1) is 0 Å². The van der Waals surface area contributed by atoms with Crippen molar-refractivity contribution in [3.63, 3.8) is 0 Å². The smallest absolute Gasteiger partial charge is 0.102 e. The minimum absolute atomic E-state index is 0.251. The van der Waals surface area contributed by atoms with Gasteiger partial charge in [-0.25, -0.2) is 0 Å². The first kappa shape index (κ1) is 11.7. The third kappa shape index (κ3) is 3.78. The summed E-state index contributed by atoms with van der Waals surface area (Å²) in [5.41, 5.74) is 2.78. The number of rotatable bonds is 6. The summed E-state index contributed by atoms with van der Waals surface area (Å²) in [5, 5.41) is 11.8. The Balaban J connectivity index is 2.55. The Morgan fingerprint density at radius 3 is 2.57 bits per heavy atom. The Morgan fingerprint density at radius 1 is 1.21 bits per heavy atom. The molecule has 1 rings (SSSR count). The van der Waals surface area contributed by atoms with Crippen molar-refractivity contribution in [2.75, 3.05) is 18.5 Å². The molecule has 0 heterocycles. The van der Waals surface area contributed by atoms with Gasteiger partial charge in [-0.1, -0.05) is 40.2 Å². The molecule has 14 heavy (non-hydrogen) atoms. The summed E-state index contributed by atoms with van der Waals surface area (Å²) in [6.07, 6.45) is 1.07. The number of alkyl halides is 1. The Kier molecular flexibility index (Phi) is 5.83. The third-order valence-corrected chi connectivity index (χ3v) is 2.58. The molecule has 0 aromatic heterocycles. The minimum atomic E-state index is 0.251. The lowest BCUT2D eigenvalue weighted by Gasteiger charge is -2.06. The molecule has 0 amide bonds. The van der Waals surface area contributed by atoms with Gasteiger partial charge in [0.2, 0.25) is 0 Å².